The minimum Gasteiger partial charge on any atom is -0.345 e. The number of carbonyl (C=O) groups excluding carboxylic acids is 1. The summed E-state index contributed by atoms with van der Waals surface area (Å²) >= 11 is 6.03. The summed E-state index contributed by atoms with van der Waals surface area (Å²) in [7, 11) is 0. The van der Waals surface area contributed by atoms with Gasteiger partial charge in [0, 0.05) is 11.6 Å². The van der Waals surface area contributed by atoms with E-state index >= 15 is 0 Å². The quantitative estimate of drug-likeness (QED) is 0.770. The predicted molar refractivity (Wildman–Crippen MR) is 86.8 cm³/mol. The summed E-state index contributed by atoms with van der Waals surface area (Å²) in [6.45, 7) is 0.249. The zero-order valence-electron chi connectivity index (χ0n) is 12.0. The van der Waals surface area contributed by atoms with Crippen molar-refractivity contribution in [3.63, 3.8) is 0 Å². The zero-order chi connectivity index (χ0) is 16.2. The van der Waals surface area contributed by atoms with E-state index < -0.39 is 11.6 Å². The number of aromatic nitrogens is 3. The van der Waals surface area contributed by atoms with Crippen LogP contribution in [0.5, 0.6) is 0 Å². The van der Waals surface area contributed by atoms with E-state index in [0.717, 1.165) is 10.2 Å². The molecule has 0 spiro atoms. The van der Waals surface area contributed by atoms with Crippen LogP contribution in [0.2, 0.25) is 5.02 Å². The maximum atomic E-state index is 12.1. The van der Waals surface area contributed by atoms with Crippen molar-refractivity contribution < 1.29 is 4.79 Å². The second kappa shape index (κ2) is 6.50. The first-order valence-electron chi connectivity index (χ1n) is 6.91. The molecule has 0 aliphatic heterocycles. The Bertz CT molecular complexity index is 886. The third-order valence-corrected chi connectivity index (χ3v) is 3.60. The molecule has 0 fully saturated rings. The van der Waals surface area contributed by atoms with Crippen molar-refractivity contribution in [2.24, 2.45) is 0 Å². The van der Waals surface area contributed by atoms with Gasteiger partial charge in [0.25, 0.3) is 5.91 Å². The summed E-state index contributed by atoms with van der Waals surface area (Å²) in [4.78, 5) is 26.5. The molecule has 116 valence electrons. The third-order valence-electron chi connectivity index (χ3n) is 3.23. The fourth-order valence-corrected chi connectivity index (χ4v) is 2.27. The monoisotopic (exact) mass is 328 g/mol. The number of halogens is 1. The second-order valence-electron chi connectivity index (χ2n) is 4.80. The van der Waals surface area contributed by atoms with E-state index in [1.54, 1.807) is 30.3 Å². The molecule has 2 N–H and O–H groups in total. The van der Waals surface area contributed by atoms with Crippen LogP contribution in [0.4, 0.5) is 0 Å². The van der Waals surface area contributed by atoms with Crippen molar-refractivity contribution in [2.45, 2.75) is 6.54 Å². The van der Waals surface area contributed by atoms with Crippen molar-refractivity contribution >= 4 is 17.5 Å². The fourth-order valence-electron chi connectivity index (χ4n) is 2.07. The molecule has 0 atom stereocenters. The van der Waals surface area contributed by atoms with E-state index in [2.05, 4.69) is 15.4 Å². The van der Waals surface area contributed by atoms with Gasteiger partial charge in [-0.25, -0.2) is 4.79 Å². The third kappa shape index (κ3) is 3.32. The normalized spacial score (nSPS) is 10.5. The van der Waals surface area contributed by atoms with Crippen LogP contribution < -0.4 is 11.0 Å². The molecule has 2 aromatic carbocycles. The Hall–Kier alpha value is -2.86. The molecule has 0 aliphatic rings. The maximum absolute atomic E-state index is 12.1. The lowest BCUT2D eigenvalue weighted by Gasteiger charge is -2.04. The Labute approximate surface area is 136 Å². The van der Waals surface area contributed by atoms with E-state index in [9.17, 15) is 9.59 Å². The van der Waals surface area contributed by atoms with Crippen LogP contribution in [-0.4, -0.2) is 20.7 Å². The van der Waals surface area contributed by atoms with Gasteiger partial charge in [0.05, 0.1) is 5.69 Å². The SMILES string of the molecule is O=C(NCc1ccccc1Cl)c1nn(-c2ccccc2)c(=O)[nH]1. The lowest BCUT2D eigenvalue weighted by Crippen LogP contribution is -2.24. The molecular weight excluding hydrogens is 316 g/mol. The summed E-state index contributed by atoms with van der Waals surface area (Å²) in [5, 5.41) is 7.26. The van der Waals surface area contributed by atoms with Gasteiger partial charge in [0.15, 0.2) is 0 Å². The molecule has 0 radical (unpaired) electrons. The molecule has 0 bridgehead atoms. The number of aromatic amines is 1. The van der Waals surface area contributed by atoms with Crippen LogP contribution in [0.3, 0.4) is 0 Å². The molecule has 1 amide bonds. The number of amides is 1. The van der Waals surface area contributed by atoms with Gasteiger partial charge >= 0.3 is 5.69 Å². The number of hydrogen-bond acceptors (Lipinski definition) is 3. The molecule has 1 aromatic heterocycles. The molecule has 6 nitrogen and oxygen atoms in total. The van der Waals surface area contributed by atoms with E-state index in [1.165, 1.54) is 0 Å². The number of carbonyl (C=O) groups is 1. The Kier molecular flexibility index (Phi) is 4.25. The van der Waals surface area contributed by atoms with Crippen LogP contribution in [0.15, 0.2) is 59.4 Å². The van der Waals surface area contributed by atoms with E-state index in [1.807, 2.05) is 24.3 Å². The first-order chi connectivity index (χ1) is 11.1. The molecule has 23 heavy (non-hydrogen) atoms. The maximum Gasteiger partial charge on any atom is 0.348 e. The van der Waals surface area contributed by atoms with Crippen molar-refractivity contribution in [3.8, 4) is 5.69 Å². The standard InChI is InChI=1S/C16H13ClN4O2/c17-13-9-5-4-6-11(13)10-18-15(22)14-19-16(23)21(20-14)12-7-2-1-3-8-12/h1-9H,10H2,(H,18,22)(H,19,20,23). The van der Waals surface area contributed by atoms with Gasteiger partial charge in [-0.15, -0.1) is 5.10 Å². The summed E-state index contributed by atoms with van der Waals surface area (Å²) < 4.78 is 1.14. The lowest BCUT2D eigenvalue weighted by molar-refractivity contribution is 0.0940. The smallest absolute Gasteiger partial charge is 0.345 e. The lowest BCUT2D eigenvalue weighted by atomic mass is 10.2. The molecule has 7 heteroatoms. The highest BCUT2D eigenvalue weighted by Crippen LogP contribution is 2.14. The Balaban J connectivity index is 1.76. The second-order valence-corrected chi connectivity index (χ2v) is 5.21. The topological polar surface area (TPSA) is 79.8 Å². The number of H-pyrrole nitrogens is 1. The van der Waals surface area contributed by atoms with E-state index in [4.69, 9.17) is 11.6 Å². The molecule has 0 saturated heterocycles. The highest BCUT2D eigenvalue weighted by molar-refractivity contribution is 6.31. The number of hydrogen-bond donors (Lipinski definition) is 2. The Morgan fingerprint density at radius 1 is 1.13 bits per heavy atom. The van der Waals surface area contributed by atoms with Crippen molar-refractivity contribution in [3.05, 3.63) is 81.5 Å². The minimum atomic E-state index is -0.475. The molecule has 3 rings (SSSR count). The van der Waals surface area contributed by atoms with Gasteiger partial charge < -0.3 is 5.32 Å². The highest BCUT2D eigenvalue weighted by Gasteiger charge is 2.14. The molecular formula is C16H13ClN4O2. The van der Waals surface area contributed by atoms with Crippen LogP contribution in [0, 0.1) is 0 Å². The van der Waals surface area contributed by atoms with Crippen LogP contribution in [0.1, 0.15) is 16.2 Å². The summed E-state index contributed by atoms with van der Waals surface area (Å²) in [5.41, 5.74) is 0.894. The minimum absolute atomic E-state index is 0.0501. The average Bonchev–Trinajstić information content (AvgIpc) is 2.96. The molecule has 0 unspecified atom stereocenters. The molecule has 3 aromatic rings. The number of nitrogens with zero attached hydrogens (tertiary/aromatic N) is 2. The van der Waals surface area contributed by atoms with Crippen molar-refractivity contribution in [1.29, 1.82) is 0 Å². The number of rotatable bonds is 4. The Morgan fingerprint density at radius 2 is 1.83 bits per heavy atom. The van der Waals surface area contributed by atoms with Crippen LogP contribution in [-0.2, 0) is 6.54 Å². The first-order valence-corrected chi connectivity index (χ1v) is 7.29. The van der Waals surface area contributed by atoms with Gasteiger partial charge in [-0.2, -0.15) is 4.68 Å². The van der Waals surface area contributed by atoms with Crippen molar-refractivity contribution in [1.82, 2.24) is 20.1 Å². The van der Waals surface area contributed by atoms with E-state index in [0.29, 0.717) is 10.7 Å². The average molecular weight is 329 g/mol. The summed E-state index contributed by atoms with van der Waals surface area (Å²) in [6, 6.07) is 16.1. The van der Waals surface area contributed by atoms with Crippen LogP contribution >= 0.6 is 11.6 Å². The fraction of sp³-hybridized carbons (Fsp3) is 0.0625. The van der Waals surface area contributed by atoms with Gasteiger partial charge in [-0.1, -0.05) is 48.0 Å². The van der Waals surface area contributed by atoms with E-state index in [-0.39, 0.29) is 12.4 Å². The Morgan fingerprint density at radius 3 is 2.57 bits per heavy atom. The first kappa shape index (κ1) is 15.1. The van der Waals surface area contributed by atoms with Gasteiger partial charge in [0.1, 0.15) is 0 Å². The van der Waals surface area contributed by atoms with Crippen molar-refractivity contribution in [2.75, 3.05) is 0 Å². The largest absolute Gasteiger partial charge is 0.348 e. The molecule has 0 aliphatic carbocycles. The van der Waals surface area contributed by atoms with Crippen LogP contribution in [0.25, 0.3) is 5.69 Å². The molecule has 0 saturated carbocycles. The highest BCUT2D eigenvalue weighted by atomic mass is 35.5. The summed E-state index contributed by atoms with van der Waals surface area (Å²) in [6.07, 6.45) is 0. The van der Waals surface area contributed by atoms with Gasteiger partial charge in [-0.3, -0.25) is 9.78 Å². The number of benzene rings is 2. The van der Waals surface area contributed by atoms with Gasteiger partial charge in [0.2, 0.25) is 5.82 Å². The molecule has 1 heterocycles. The number of nitrogens with one attached hydrogen (secondary N) is 2. The number of para-hydroxylation sites is 1. The predicted octanol–water partition coefficient (Wildman–Crippen LogP) is 2.14. The summed E-state index contributed by atoms with van der Waals surface area (Å²) in [5.74, 6) is -0.525. The zero-order valence-corrected chi connectivity index (χ0v) is 12.7. The van der Waals surface area contributed by atoms with Gasteiger partial charge in [-0.05, 0) is 23.8 Å².